The van der Waals surface area contributed by atoms with Gasteiger partial charge >= 0.3 is 15.5 Å². The highest BCUT2D eigenvalue weighted by Gasteiger charge is 2.45. The Labute approximate surface area is 99.5 Å². The van der Waals surface area contributed by atoms with Gasteiger partial charge in [-0.25, -0.2) is 10.0 Å². The predicted octanol–water partition coefficient (Wildman–Crippen LogP) is 2.41. The second kappa shape index (κ2) is 4.41. The summed E-state index contributed by atoms with van der Waals surface area (Å²) in [5, 5.41) is 1.95. The molecule has 0 aliphatic carbocycles. The second-order valence-corrected chi connectivity index (χ2v) is 8.96. The van der Waals surface area contributed by atoms with E-state index in [0.29, 0.717) is 0 Å². The van der Waals surface area contributed by atoms with Crippen LogP contribution in [-0.4, -0.2) is 26.4 Å². The zero-order chi connectivity index (χ0) is 13.3. The highest BCUT2D eigenvalue weighted by molar-refractivity contribution is 8.38. The van der Waals surface area contributed by atoms with Gasteiger partial charge in [-0.15, -0.1) is 0 Å². The Kier molecular flexibility index (Phi) is 3.68. The number of rotatable bonds is 3. The average molecular weight is 287 g/mol. The lowest BCUT2D eigenvalue weighted by Crippen LogP contribution is -2.33. The van der Waals surface area contributed by atoms with Crippen LogP contribution in [0.15, 0.2) is 34.7 Å². The van der Waals surface area contributed by atoms with Crippen molar-refractivity contribution in [2.24, 2.45) is 0 Å². The third-order valence-electron chi connectivity index (χ3n) is 2.06. The molecule has 17 heavy (non-hydrogen) atoms. The van der Waals surface area contributed by atoms with E-state index in [1.165, 1.54) is 10.8 Å². The first-order valence-corrected chi connectivity index (χ1v) is 8.43. The van der Waals surface area contributed by atoms with E-state index < -0.39 is 25.6 Å². The van der Waals surface area contributed by atoms with Crippen molar-refractivity contribution < 1.29 is 21.6 Å². The maximum Gasteiger partial charge on any atom is 0.516 e. The number of allylic oxidation sites excluding steroid dienone is 3. The minimum atomic E-state index is -5.30. The first-order chi connectivity index (χ1) is 7.56. The quantitative estimate of drug-likeness (QED) is 0.866. The largest absolute Gasteiger partial charge is 0.516 e. The van der Waals surface area contributed by atoms with Crippen molar-refractivity contribution in [3.8, 4) is 0 Å². The number of alkyl halides is 3. The molecule has 0 bridgehead atoms. The van der Waals surface area contributed by atoms with Crippen LogP contribution in [0, 0.1) is 0 Å². The topological polar surface area (TPSA) is 46.2 Å². The van der Waals surface area contributed by atoms with Gasteiger partial charge in [0.25, 0.3) is 0 Å². The van der Waals surface area contributed by atoms with E-state index in [9.17, 15) is 21.6 Å². The second-order valence-electron chi connectivity index (χ2n) is 3.70. The molecule has 0 radical (unpaired) electrons. The highest BCUT2D eigenvalue weighted by Crippen LogP contribution is 2.53. The lowest BCUT2D eigenvalue weighted by Gasteiger charge is -2.24. The van der Waals surface area contributed by atoms with E-state index >= 15 is 0 Å². The van der Waals surface area contributed by atoms with Crippen molar-refractivity contribution in [1.82, 2.24) is 4.72 Å². The molecule has 1 heterocycles. The molecule has 0 spiro atoms. The molecule has 0 amide bonds. The van der Waals surface area contributed by atoms with Gasteiger partial charge in [0.1, 0.15) is 0 Å². The van der Waals surface area contributed by atoms with Gasteiger partial charge in [-0.2, -0.15) is 21.6 Å². The average Bonchev–Trinajstić information content (AvgIpc) is 2.43. The number of nitrogens with one attached hydrogen (secondary N) is 1. The standard InChI is InChI=1S/C9H12F3NO2S2/c1-16(2)7-3-4-8(16)5-6-13-17(14,15)9(10,11)12/h3-7,13H,1-2H3/b6-5+. The molecule has 0 saturated carbocycles. The molecule has 1 N–H and O–H groups in total. The van der Waals surface area contributed by atoms with E-state index in [1.807, 2.05) is 17.9 Å². The molecule has 0 aromatic carbocycles. The SMILES string of the molecule is CS1(C)C=CC=C1/C=C/NS(=O)(=O)C(F)(F)F. The zero-order valence-corrected chi connectivity index (χ0v) is 10.8. The normalized spacial score (nSPS) is 21.6. The van der Waals surface area contributed by atoms with Gasteiger partial charge in [-0.3, -0.25) is 4.72 Å². The molecular weight excluding hydrogens is 275 g/mol. The Morgan fingerprint density at radius 1 is 1.35 bits per heavy atom. The molecule has 8 heteroatoms. The summed E-state index contributed by atoms with van der Waals surface area (Å²) in [5.41, 5.74) is -5.29. The summed E-state index contributed by atoms with van der Waals surface area (Å²) in [7, 11) is -6.46. The molecular formula is C9H12F3NO2S2. The fourth-order valence-corrected chi connectivity index (χ4v) is 2.95. The van der Waals surface area contributed by atoms with E-state index in [0.717, 1.165) is 11.1 Å². The maximum absolute atomic E-state index is 12.0. The highest BCUT2D eigenvalue weighted by atomic mass is 32.3. The van der Waals surface area contributed by atoms with Gasteiger partial charge in [0.2, 0.25) is 0 Å². The third-order valence-corrected chi connectivity index (χ3v) is 5.44. The van der Waals surface area contributed by atoms with Gasteiger partial charge in [0, 0.05) is 6.20 Å². The van der Waals surface area contributed by atoms with Crippen LogP contribution >= 0.6 is 10.0 Å². The predicted molar refractivity (Wildman–Crippen MR) is 63.9 cm³/mol. The van der Waals surface area contributed by atoms with Crippen molar-refractivity contribution in [2.45, 2.75) is 5.51 Å². The molecule has 0 aromatic rings. The fourth-order valence-electron chi connectivity index (χ4n) is 1.09. The van der Waals surface area contributed by atoms with Gasteiger partial charge in [0.15, 0.2) is 0 Å². The molecule has 1 aliphatic heterocycles. The zero-order valence-electron chi connectivity index (χ0n) is 9.15. The van der Waals surface area contributed by atoms with Crippen LogP contribution < -0.4 is 4.72 Å². The Balaban J connectivity index is 2.72. The minimum absolute atomic E-state index is 0.802. The monoisotopic (exact) mass is 287 g/mol. The van der Waals surface area contributed by atoms with Crippen LogP contribution in [0.1, 0.15) is 0 Å². The van der Waals surface area contributed by atoms with Crippen molar-refractivity contribution in [2.75, 3.05) is 12.5 Å². The Morgan fingerprint density at radius 2 is 1.94 bits per heavy atom. The summed E-state index contributed by atoms with van der Waals surface area (Å²) in [5.74, 6) is 0. The van der Waals surface area contributed by atoms with Crippen molar-refractivity contribution in [3.05, 3.63) is 34.7 Å². The molecule has 0 aromatic heterocycles. The molecule has 1 rings (SSSR count). The van der Waals surface area contributed by atoms with Crippen LogP contribution in [0.2, 0.25) is 0 Å². The van der Waals surface area contributed by atoms with Crippen molar-refractivity contribution in [1.29, 1.82) is 0 Å². The van der Waals surface area contributed by atoms with Gasteiger partial charge in [-0.1, -0.05) is 6.08 Å². The summed E-state index contributed by atoms with van der Waals surface area (Å²) in [6, 6.07) is 0. The Bertz CT molecular complexity index is 487. The summed E-state index contributed by atoms with van der Waals surface area (Å²) in [4.78, 5) is 0.808. The molecule has 0 saturated heterocycles. The van der Waals surface area contributed by atoms with E-state index in [-0.39, 0.29) is 0 Å². The third kappa shape index (κ3) is 3.29. The lowest BCUT2D eigenvalue weighted by atomic mass is 10.5. The Hall–Kier alpha value is -0.890. The number of halogens is 3. The Morgan fingerprint density at radius 3 is 2.35 bits per heavy atom. The molecule has 0 atom stereocenters. The summed E-state index contributed by atoms with van der Waals surface area (Å²) in [6.45, 7) is 0. The fraction of sp³-hybridized carbons (Fsp3) is 0.333. The molecule has 0 unspecified atom stereocenters. The molecule has 3 nitrogen and oxygen atoms in total. The number of hydrogen-bond donors (Lipinski definition) is 1. The first kappa shape index (κ1) is 14.2. The van der Waals surface area contributed by atoms with Crippen molar-refractivity contribution in [3.63, 3.8) is 0 Å². The van der Waals surface area contributed by atoms with Crippen LogP contribution in [0.4, 0.5) is 13.2 Å². The summed E-state index contributed by atoms with van der Waals surface area (Å²) < 4.78 is 58.7. The summed E-state index contributed by atoms with van der Waals surface area (Å²) in [6.07, 6.45) is 9.59. The van der Waals surface area contributed by atoms with Gasteiger partial charge < -0.3 is 0 Å². The first-order valence-electron chi connectivity index (χ1n) is 4.43. The van der Waals surface area contributed by atoms with Gasteiger partial charge in [-0.05, 0) is 35.0 Å². The number of sulfonamides is 1. The minimum Gasteiger partial charge on any atom is -0.283 e. The van der Waals surface area contributed by atoms with E-state index in [4.69, 9.17) is 0 Å². The lowest BCUT2D eigenvalue weighted by molar-refractivity contribution is -0.0443. The molecule has 0 fully saturated rings. The van der Waals surface area contributed by atoms with Crippen LogP contribution in [0.5, 0.6) is 0 Å². The maximum atomic E-state index is 12.0. The van der Waals surface area contributed by atoms with E-state index in [2.05, 4.69) is 0 Å². The van der Waals surface area contributed by atoms with E-state index in [1.54, 1.807) is 12.2 Å². The van der Waals surface area contributed by atoms with Crippen molar-refractivity contribution >= 4 is 20.1 Å². The van der Waals surface area contributed by atoms with Crippen LogP contribution in [-0.2, 0) is 10.0 Å². The number of hydrogen-bond acceptors (Lipinski definition) is 2. The summed E-state index contributed by atoms with van der Waals surface area (Å²) >= 11 is 0. The van der Waals surface area contributed by atoms with Crippen LogP contribution in [0.3, 0.4) is 0 Å². The molecule has 98 valence electrons. The smallest absolute Gasteiger partial charge is 0.283 e. The molecule has 1 aliphatic rings. The van der Waals surface area contributed by atoms with Gasteiger partial charge in [0.05, 0.1) is 0 Å². The van der Waals surface area contributed by atoms with Crippen LogP contribution in [0.25, 0.3) is 0 Å².